The number of benzene rings is 1. The number of halogens is 1. The van der Waals surface area contributed by atoms with Crippen LogP contribution in [0, 0.1) is 6.92 Å². The molecule has 0 aliphatic carbocycles. The molecule has 0 spiro atoms. The normalized spacial score (nSPS) is 17.4. The van der Waals surface area contributed by atoms with Gasteiger partial charge in [-0.15, -0.1) is 0 Å². The maximum Gasteiger partial charge on any atom is 0.321 e. The van der Waals surface area contributed by atoms with E-state index in [1.807, 2.05) is 24.0 Å². The van der Waals surface area contributed by atoms with Gasteiger partial charge in [-0.05, 0) is 50.5 Å². The van der Waals surface area contributed by atoms with Crippen LogP contribution < -0.4 is 15.1 Å². The number of urea groups is 1. The number of carbonyl (C=O) groups is 1. The summed E-state index contributed by atoms with van der Waals surface area (Å²) in [5.74, 6) is 2.77. The van der Waals surface area contributed by atoms with E-state index in [0.29, 0.717) is 18.1 Å². The molecule has 0 radical (unpaired) electrons. The van der Waals surface area contributed by atoms with Gasteiger partial charge in [0.25, 0.3) is 0 Å². The maximum absolute atomic E-state index is 12.5. The van der Waals surface area contributed by atoms with Crippen molar-refractivity contribution in [2.45, 2.75) is 26.2 Å². The Balaban J connectivity index is 1.37. The molecule has 1 aromatic heterocycles. The molecule has 2 aliphatic heterocycles. The Labute approximate surface area is 176 Å². The Bertz CT molecular complexity index is 845. The molecule has 0 saturated carbocycles. The van der Waals surface area contributed by atoms with Crippen LogP contribution in [-0.4, -0.2) is 60.2 Å². The fourth-order valence-electron chi connectivity index (χ4n) is 3.86. The second kappa shape index (κ2) is 8.86. The number of carbonyl (C=O) groups excluding carboxylic acids is 1. The van der Waals surface area contributed by atoms with Crippen molar-refractivity contribution in [1.82, 2.24) is 14.9 Å². The fraction of sp³-hybridized carbons (Fsp3) is 0.476. The van der Waals surface area contributed by atoms with Gasteiger partial charge in [-0.1, -0.05) is 11.6 Å². The molecule has 7 nitrogen and oxygen atoms in total. The van der Waals surface area contributed by atoms with Crippen molar-refractivity contribution in [3.05, 3.63) is 41.2 Å². The van der Waals surface area contributed by atoms with Crippen LogP contribution in [0.25, 0.3) is 0 Å². The second-order valence-electron chi connectivity index (χ2n) is 7.59. The first-order valence-electron chi connectivity index (χ1n) is 10.3. The van der Waals surface area contributed by atoms with Gasteiger partial charge >= 0.3 is 6.03 Å². The van der Waals surface area contributed by atoms with Crippen molar-refractivity contribution in [3.8, 4) is 0 Å². The fourth-order valence-corrected chi connectivity index (χ4v) is 3.98. The minimum Gasteiger partial charge on any atom is -0.356 e. The lowest BCUT2D eigenvalue weighted by Gasteiger charge is -2.36. The number of hydrogen-bond donors (Lipinski definition) is 1. The molecule has 154 valence electrons. The summed E-state index contributed by atoms with van der Waals surface area (Å²) in [6.45, 7) is 6.90. The topological polar surface area (TPSA) is 64.6 Å². The Kier molecular flexibility index (Phi) is 6.04. The highest BCUT2D eigenvalue weighted by atomic mass is 35.5. The van der Waals surface area contributed by atoms with Gasteiger partial charge in [0, 0.05) is 56.0 Å². The number of rotatable bonds is 3. The Morgan fingerprint density at radius 3 is 2.10 bits per heavy atom. The second-order valence-corrected chi connectivity index (χ2v) is 8.03. The van der Waals surface area contributed by atoms with Crippen molar-refractivity contribution in [2.75, 3.05) is 54.4 Å². The molecule has 2 aliphatic rings. The van der Waals surface area contributed by atoms with Gasteiger partial charge in [0.15, 0.2) is 0 Å². The minimum absolute atomic E-state index is 0.0835. The van der Waals surface area contributed by atoms with E-state index in [1.165, 1.54) is 19.3 Å². The molecular formula is C21H27ClN6O. The summed E-state index contributed by atoms with van der Waals surface area (Å²) >= 11 is 5.90. The summed E-state index contributed by atoms with van der Waals surface area (Å²) in [5.41, 5.74) is 0.749. The predicted molar refractivity (Wildman–Crippen MR) is 117 cm³/mol. The van der Waals surface area contributed by atoms with E-state index in [4.69, 9.17) is 11.6 Å². The molecule has 8 heteroatoms. The largest absolute Gasteiger partial charge is 0.356 e. The number of piperazine rings is 1. The van der Waals surface area contributed by atoms with E-state index in [0.717, 1.165) is 49.3 Å². The van der Waals surface area contributed by atoms with Crippen LogP contribution in [0.4, 0.5) is 22.1 Å². The van der Waals surface area contributed by atoms with Crippen LogP contribution in [0.2, 0.25) is 5.02 Å². The van der Waals surface area contributed by atoms with Gasteiger partial charge in [-0.2, -0.15) is 0 Å². The molecule has 3 heterocycles. The summed E-state index contributed by atoms with van der Waals surface area (Å²) in [6.07, 6.45) is 3.74. The first kappa shape index (κ1) is 19.8. The Hall–Kier alpha value is -2.54. The zero-order valence-corrected chi connectivity index (χ0v) is 17.5. The highest BCUT2D eigenvalue weighted by Crippen LogP contribution is 2.23. The van der Waals surface area contributed by atoms with Gasteiger partial charge in [0.05, 0.1) is 0 Å². The van der Waals surface area contributed by atoms with E-state index in [1.54, 1.807) is 12.1 Å². The zero-order chi connectivity index (χ0) is 20.2. The molecule has 2 fully saturated rings. The lowest BCUT2D eigenvalue weighted by Crippen LogP contribution is -2.50. The molecule has 0 atom stereocenters. The number of hydrogen-bond acceptors (Lipinski definition) is 5. The summed E-state index contributed by atoms with van der Waals surface area (Å²) in [4.78, 5) is 28.3. The lowest BCUT2D eigenvalue weighted by atomic mass is 10.1. The quantitative estimate of drug-likeness (QED) is 0.827. The van der Waals surface area contributed by atoms with Crippen LogP contribution in [0.5, 0.6) is 0 Å². The molecule has 1 aromatic carbocycles. The highest BCUT2D eigenvalue weighted by molar-refractivity contribution is 6.30. The SMILES string of the molecule is Cc1nc(N2CCCCC2)cc(N2CCN(C(=O)Nc3ccc(Cl)cc3)CC2)n1. The van der Waals surface area contributed by atoms with Gasteiger partial charge < -0.3 is 20.0 Å². The summed E-state index contributed by atoms with van der Waals surface area (Å²) < 4.78 is 0. The first-order valence-corrected chi connectivity index (χ1v) is 10.6. The zero-order valence-electron chi connectivity index (χ0n) is 16.8. The van der Waals surface area contributed by atoms with Gasteiger partial charge in [0.2, 0.25) is 0 Å². The van der Waals surface area contributed by atoms with Crippen molar-refractivity contribution in [2.24, 2.45) is 0 Å². The molecule has 2 amide bonds. The van der Waals surface area contributed by atoms with E-state index in [-0.39, 0.29) is 6.03 Å². The third-order valence-electron chi connectivity index (χ3n) is 5.48. The molecule has 0 bridgehead atoms. The molecular weight excluding hydrogens is 388 g/mol. The van der Waals surface area contributed by atoms with Crippen LogP contribution in [0.3, 0.4) is 0 Å². The van der Waals surface area contributed by atoms with E-state index in [9.17, 15) is 4.79 Å². The molecule has 2 aromatic rings. The molecule has 29 heavy (non-hydrogen) atoms. The maximum atomic E-state index is 12.5. The lowest BCUT2D eigenvalue weighted by molar-refractivity contribution is 0.208. The van der Waals surface area contributed by atoms with Crippen molar-refractivity contribution >= 4 is 35.0 Å². The monoisotopic (exact) mass is 414 g/mol. The standard InChI is InChI=1S/C21H27ClN6O/c1-16-23-19(26-9-3-2-4-10-26)15-20(24-16)27-11-13-28(14-12-27)21(29)25-18-7-5-17(22)6-8-18/h5-8,15H,2-4,9-14H2,1H3,(H,25,29). The third-order valence-corrected chi connectivity index (χ3v) is 5.73. The summed E-state index contributed by atoms with van der Waals surface area (Å²) in [5, 5.41) is 3.59. The van der Waals surface area contributed by atoms with Gasteiger partial charge in [-0.3, -0.25) is 0 Å². The number of nitrogens with zero attached hydrogens (tertiary/aromatic N) is 5. The Morgan fingerprint density at radius 1 is 0.897 bits per heavy atom. The van der Waals surface area contributed by atoms with E-state index in [2.05, 4.69) is 31.2 Å². The van der Waals surface area contributed by atoms with Crippen LogP contribution in [0.1, 0.15) is 25.1 Å². The van der Waals surface area contributed by atoms with Gasteiger partial charge in [-0.25, -0.2) is 14.8 Å². The van der Waals surface area contributed by atoms with Crippen molar-refractivity contribution in [1.29, 1.82) is 0 Å². The van der Waals surface area contributed by atoms with E-state index >= 15 is 0 Å². The summed E-state index contributed by atoms with van der Waals surface area (Å²) in [7, 11) is 0. The van der Waals surface area contributed by atoms with Crippen LogP contribution in [-0.2, 0) is 0 Å². The number of aryl methyl sites for hydroxylation is 1. The smallest absolute Gasteiger partial charge is 0.321 e. The minimum atomic E-state index is -0.0835. The number of piperidine rings is 1. The van der Waals surface area contributed by atoms with Crippen molar-refractivity contribution < 1.29 is 4.79 Å². The third kappa shape index (κ3) is 4.90. The number of amides is 2. The number of aromatic nitrogens is 2. The highest BCUT2D eigenvalue weighted by Gasteiger charge is 2.23. The number of nitrogens with one attached hydrogen (secondary N) is 1. The average Bonchev–Trinajstić information content (AvgIpc) is 2.75. The van der Waals surface area contributed by atoms with E-state index < -0.39 is 0 Å². The van der Waals surface area contributed by atoms with Gasteiger partial charge in [0.1, 0.15) is 17.5 Å². The average molecular weight is 415 g/mol. The van der Waals surface area contributed by atoms with Crippen LogP contribution in [0.15, 0.2) is 30.3 Å². The molecule has 2 saturated heterocycles. The van der Waals surface area contributed by atoms with Crippen LogP contribution >= 0.6 is 11.6 Å². The molecule has 1 N–H and O–H groups in total. The molecule has 4 rings (SSSR count). The Morgan fingerprint density at radius 2 is 1.48 bits per heavy atom. The first-order chi connectivity index (χ1) is 14.1. The predicted octanol–water partition coefficient (Wildman–Crippen LogP) is 3.78. The summed E-state index contributed by atoms with van der Waals surface area (Å²) in [6, 6.07) is 9.17. The van der Waals surface area contributed by atoms with Crippen molar-refractivity contribution in [3.63, 3.8) is 0 Å². The number of anilines is 3. The molecule has 0 unspecified atom stereocenters.